The highest BCUT2D eigenvalue weighted by Crippen LogP contribution is 2.65. The van der Waals surface area contributed by atoms with Crippen LogP contribution in [-0.2, 0) is 9.59 Å². The summed E-state index contributed by atoms with van der Waals surface area (Å²) in [5.41, 5.74) is 5.15. The molecule has 3 rings (SSSR count). The first-order valence-corrected chi connectivity index (χ1v) is 6.47. The molecule has 0 aromatic rings. The van der Waals surface area contributed by atoms with Gasteiger partial charge < -0.3 is 16.4 Å². The predicted octanol–water partition coefficient (Wildman–Crippen LogP) is -0.778. The first-order valence-electron chi connectivity index (χ1n) is 6.47. The molecule has 5 nitrogen and oxygen atoms in total. The average Bonchev–Trinajstić information content (AvgIpc) is 2.75. The van der Waals surface area contributed by atoms with E-state index in [4.69, 9.17) is 5.73 Å². The van der Waals surface area contributed by atoms with Crippen LogP contribution in [0.2, 0.25) is 0 Å². The lowest BCUT2D eigenvalue weighted by molar-refractivity contribution is -0.125. The maximum atomic E-state index is 11.6. The maximum absolute atomic E-state index is 11.6. The molecule has 17 heavy (non-hydrogen) atoms. The van der Waals surface area contributed by atoms with Gasteiger partial charge in [0.05, 0.1) is 13.1 Å². The average molecular weight is 237 g/mol. The van der Waals surface area contributed by atoms with Gasteiger partial charge in [0.25, 0.3) is 0 Å². The Morgan fingerprint density at radius 3 is 2.35 bits per heavy atom. The molecule has 3 aliphatic carbocycles. The second kappa shape index (κ2) is 3.98. The zero-order valence-electron chi connectivity index (χ0n) is 9.82. The molecule has 0 spiro atoms. The van der Waals surface area contributed by atoms with E-state index in [1.165, 1.54) is 19.3 Å². The summed E-state index contributed by atoms with van der Waals surface area (Å²) in [4.78, 5) is 22.5. The molecule has 2 bridgehead atoms. The van der Waals surface area contributed by atoms with Gasteiger partial charge in [-0.1, -0.05) is 0 Å². The Bertz CT molecular complexity index is 342. The van der Waals surface area contributed by atoms with Crippen molar-refractivity contribution >= 4 is 11.8 Å². The highest BCUT2D eigenvalue weighted by Gasteiger charge is 2.65. The molecular weight excluding hydrogens is 218 g/mol. The van der Waals surface area contributed by atoms with Crippen molar-refractivity contribution in [3.8, 4) is 0 Å². The molecule has 5 heteroatoms. The fourth-order valence-electron chi connectivity index (χ4n) is 4.01. The van der Waals surface area contributed by atoms with Crippen molar-refractivity contribution in [1.82, 2.24) is 10.6 Å². The van der Waals surface area contributed by atoms with E-state index in [9.17, 15) is 9.59 Å². The number of nitrogens with two attached hydrogens (primary N) is 1. The lowest BCUT2D eigenvalue weighted by Gasteiger charge is -2.10. The lowest BCUT2D eigenvalue weighted by Crippen LogP contribution is -2.41. The zero-order valence-corrected chi connectivity index (χ0v) is 9.82. The number of nitrogens with one attached hydrogen (secondary N) is 2. The zero-order chi connectivity index (χ0) is 12.0. The SMILES string of the molecule is NCC(=O)NCC(=O)NC1C2C3CCC(C3)C12. The topological polar surface area (TPSA) is 84.2 Å². The molecule has 4 atom stereocenters. The number of amides is 2. The van der Waals surface area contributed by atoms with Crippen molar-refractivity contribution in [1.29, 1.82) is 0 Å². The van der Waals surface area contributed by atoms with Crippen LogP contribution in [0.25, 0.3) is 0 Å². The van der Waals surface area contributed by atoms with Crippen LogP contribution in [0.3, 0.4) is 0 Å². The van der Waals surface area contributed by atoms with E-state index in [-0.39, 0.29) is 24.9 Å². The van der Waals surface area contributed by atoms with Gasteiger partial charge in [0.2, 0.25) is 11.8 Å². The van der Waals surface area contributed by atoms with E-state index in [2.05, 4.69) is 10.6 Å². The number of fused-ring (bicyclic) bond motifs is 5. The first kappa shape index (κ1) is 11.0. The second-order valence-electron chi connectivity index (χ2n) is 5.56. The summed E-state index contributed by atoms with van der Waals surface area (Å²) < 4.78 is 0. The van der Waals surface area contributed by atoms with Crippen LogP contribution in [0.15, 0.2) is 0 Å². The number of carbonyl (C=O) groups is 2. The Hall–Kier alpha value is -1.10. The molecular formula is C12H19N3O2. The third-order valence-electron chi connectivity index (χ3n) is 4.69. The number of hydrogen-bond donors (Lipinski definition) is 3. The van der Waals surface area contributed by atoms with E-state index < -0.39 is 0 Å². The van der Waals surface area contributed by atoms with Crippen LogP contribution in [0, 0.1) is 23.7 Å². The number of carbonyl (C=O) groups excluding carboxylic acids is 2. The minimum absolute atomic E-state index is 0.0569. The van der Waals surface area contributed by atoms with Gasteiger partial charge in [0.15, 0.2) is 0 Å². The third-order valence-corrected chi connectivity index (χ3v) is 4.69. The Labute approximate surface area is 100 Å². The van der Waals surface area contributed by atoms with E-state index in [1.807, 2.05) is 0 Å². The van der Waals surface area contributed by atoms with E-state index in [0.717, 1.165) is 23.7 Å². The van der Waals surface area contributed by atoms with E-state index >= 15 is 0 Å². The largest absolute Gasteiger partial charge is 0.351 e. The third kappa shape index (κ3) is 1.82. The Morgan fingerprint density at radius 1 is 1.12 bits per heavy atom. The van der Waals surface area contributed by atoms with Gasteiger partial charge >= 0.3 is 0 Å². The fourth-order valence-corrected chi connectivity index (χ4v) is 4.01. The van der Waals surface area contributed by atoms with Gasteiger partial charge in [-0.25, -0.2) is 0 Å². The molecule has 94 valence electrons. The quantitative estimate of drug-likeness (QED) is 0.600. The first-order chi connectivity index (χ1) is 8.20. The standard InChI is InChI=1S/C12H19N3O2/c13-4-8(16)14-5-9(17)15-12-10-6-1-2-7(3-6)11(10)12/h6-7,10-12H,1-5,13H2,(H,14,16)(H,15,17). The van der Waals surface area contributed by atoms with Crippen LogP contribution in [0.1, 0.15) is 19.3 Å². The highest BCUT2D eigenvalue weighted by atomic mass is 16.2. The molecule has 0 aromatic heterocycles. The summed E-state index contributed by atoms with van der Waals surface area (Å²) in [6.07, 6.45) is 4.08. The van der Waals surface area contributed by atoms with Gasteiger partial charge in [0, 0.05) is 6.04 Å². The van der Waals surface area contributed by atoms with Crippen LogP contribution in [0.4, 0.5) is 0 Å². The van der Waals surface area contributed by atoms with E-state index in [0.29, 0.717) is 6.04 Å². The Balaban J connectivity index is 1.44. The van der Waals surface area contributed by atoms with Crippen molar-refractivity contribution in [2.24, 2.45) is 29.4 Å². The molecule has 4 unspecified atom stereocenters. The molecule has 0 saturated heterocycles. The van der Waals surface area contributed by atoms with Crippen molar-refractivity contribution in [3.05, 3.63) is 0 Å². The van der Waals surface area contributed by atoms with Gasteiger partial charge in [-0.2, -0.15) is 0 Å². The highest BCUT2D eigenvalue weighted by molar-refractivity contribution is 5.85. The molecule has 3 aliphatic rings. The number of rotatable bonds is 4. The Morgan fingerprint density at radius 2 is 1.76 bits per heavy atom. The molecule has 2 amide bonds. The molecule has 0 heterocycles. The summed E-state index contributed by atoms with van der Waals surface area (Å²) in [5, 5.41) is 5.53. The smallest absolute Gasteiger partial charge is 0.239 e. The van der Waals surface area contributed by atoms with Gasteiger partial charge in [0.1, 0.15) is 0 Å². The number of hydrogen-bond acceptors (Lipinski definition) is 3. The van der Waals surface area contributed by atoms with Gasteiger partial charge in [-0.05, 0) is 42.9 Å². The van der Waals surface area contributed by atoms with E-state index in [1.54, 1.807) is 0 Å². The van der Waals surface area contributed by atoms with Crippen molar-refractivity contribution in [2.45, 2.75) is 25.3 Å². The predicted molar refractivity (Wildman–Crippen MR) is 61.8 cm³/mol. The minimum Gasteiger partial charge on any atom is -0.351 e. The molecule has 3 fully saturated rings. The van der Waals surface area contributed by atoms with Gasteiger partial charge in [-0.15, -0.1) is 0 Å². The van der Waals surface area contributed by atoms with Crippen molar-refractivity contribution in [3.63, 3.8) is 0 Å². The van der Waals surface area contributed by atoms with Crippen molar-refractivity contribution < 1.29 is 9.59 Å². The molecule has 3 saturated carbocycles. The summed E-state index contributed by atoms with van der Waals surface area (Å²) in [6, 6.07) is 0.392. The minimum atomic E-state index is -0.281. The van der Waals surface area contributed by atoms with Crippen LogP contribution >= 0.6 is 0 Å². The normalized spacial score (nSPS) is 40.9. The lowest BCUT2D eigenvalue weighted by atomic mass is 10.0. The van der Waals surface area contributed by atoms with Crippen molar-refractivity contribution in [2.75, 3.05) is 13.1 Å². The molecule has 0 aromatic carbocycles. The Kier molecular flexibility index (Phi) is 2.58. The van der Waals surface area contributed by atoms with Crippen LogP contribution in [-0.4, -0.2) is 30.9 Å². The molecule has 4 N–H and O–H groups in total. The maximum Gasteiger partial charge on any atom is 0.239 e. The summed E-state index contributed by atoms with van der Waals surface area (Å²) in [5.74, 6) is 2.83. The summed E-state index contributed by atoms with van der Waals surface area (Å²) in [6.45, 7) is -0.00653. The van der Waals surface area contributed by atoms with Gasteiger partial charge in [-0.3, -0.25) is 9.59 Å². The molecule has 0 radical (unpaired) electrons. The molecule has 0 aliphatic heterocycles. The van der Waals surface area contributed by atoms with Crippen LogP contribution < -0.4 is 16.4 Å². The second-order valence-corrected chi connectivity index (χ2v) is 5.56. The summed E-state index contributed by atoms with van der Waals surface area (Å²) in [7, 11) is 0. The van der Waals surface area contributed by atoms with Crippen LogP contribution in [0.5, 0.6) is 0 Å². The summed E-state index contributed by atoms with van der Waals surface area (Å²) >= 11 is 0. The monoisotopic (exact) mass is 237 g/mol. The fraction of sp³-hybridized carbons (Fsp3) is 0.833.